The van der Waals surface area contributed by atoms with E-state index in [1.54, 1.807) is 24.6 Å². The lowest BCUT2D eigenvalue weighted by Gasteiger charge is -2.12. The third-order valence-corrected chi connectivity index (χ3v) is 4.90. The summed E-state index contributed by atoms with van der Waals surface area (Å²) in [7, 11) is 1.79. The molecule has 2 heterocycles. The molecule has 0 aliphatic heterocycles. The Balaban J connectivity index is 1.43. The summed E-state index contributed by atoms with van der Waals surface area (Å²) in [5.41, 5.74) is 2.48. The Hall–Kier alpha value is -2.67. The van der Waals surface area contributed by atoms with Gasteiger partial charge in [0.25, 0.3) is 0 Å². The van der Waals surface area contributed by atoms with Gasteiger partial charge in [-0.1, -0.05) is 24.3 Å². The molecule has 0 atom stereocenters. The van der Waals surface area contributed by atoms with E-state index in [-0.39, 0.29) is 0 Å². The van der Waals surface area contributed by atoms with E-state index in [0.29, 0.717) is 0 Å². The number of rotatable bonds is 7. The monoisotopic (exact) mass is 368 g/mol. The first-order chi connectivity index (χ1) is 12.7. The van der Waals surface area contributed by atoms with Crippen molar-refractivity contribution in [2.45, 2.75) is 26.4 Å². The predicted octanol–water partition coefficient (Wildman–Crippen LogP) is 2.60. The van der Waals surface area contributed by atoms with Crippen LogP contribution in [0.4, 0.5) is 0 Å². The fourth-order valence-electron chi connectivity index (χ4n) is 2.56. The molecule has 2 aromatic heterocycles. The summed E-state index contributed by atoms with van der Waals surface area (Å²) in [6.45, 7) is 4.47. The van der Waals surface area contributed by atoms with Crippen molar-refractivity contribution in [3.63, 3.8) is 0 Å². The van der Waals surface area contributed by atoms with Gasteiger partial charge < -0.3 is 15.2 Å². The van der Waals surface area contributed by atoms with Crippen molar-refractivity contribution >= 4 is 17.3 Å². The van der Waals surface area contributed by atoms with Crippen molar-refractivity contribution < 1.29 is 0 Å². The maximum atomic E-state index is 4.38. The zero-order valence-electron chi connectivity index (χ0n) is 15.1. The highest BCUT2D eigenvalue weighted by Crippen LogP contribution is 2.11. The molecule has 0 amide bonds. The second-order valence-electron chi connectivity index (χ2n) is 6.02. The molecular formula is C19H24N6S. The number of hydrogen-bond donors (Lipinski definition) is 2. The smallest absolute Gasteiger partial charge is 0.191 e. The van der Waals surface area contributed by atoms with E-state index in [0.717, 1.165) is 37.0 Å². The first-order valence-corrected chi connectivity index (χ1v) is 9.44. The van der Waals surface area contributed by atoms with Crippen LogP contribution in [0.5, 0.6) is 0 Å². The molecule has 0 spiro atoms. The lowest BCUT2D eigenvalue weighted by Crippen LogP contribution is -2.37. The van der Waals surface area contributed by atoms with Crippen LogP contribution >= 0.6 is 11.3 Å². The number of imidazole rings is 1. The largest absolute Gasteiger partial charge is 0.356 e. The average Bonchev–Trinajstić information content (AvgIpc) is 3.31. The second kappa shape index (κ2) is 9.15. The Labute approximate surface area is 158 Å². The van der Waals surface area contributed by atoms with E-state index in [1.165, 1.54) is 16.0 Å². The predicted molar refractivity (Wildman–Crippen MR) is 107 cm³/mol. The van der Waals surface area contributed by atoms with Gasteiger partial charge in [-0.2, -0.15) is 0 Å². The molecule has 0 saturated heterocycles. The number of guanidine groups is 1. The van der Waals surface area contributed by atoms with Crippen LogP contribution in [0.1, 0.15) is 21.0 Å². The molecule has 0 unspecified atom stereocenters. The molecule has 0 saturated carbocycles. The van der Waals surface area contributed by atoms with Crippen molar-refractivity contribution in [2.24, 2.45) is 4.99 Å². The molecular weight excluding hydrogens is 344 g/mol. The molecule has 136 valence electrons. The summed E-state index contributed by atoms with van der Waals surface area (Å²) in [6.07, 6.45) is 8.43. The van der Waals surface area contributed by atoms with E-state index in [2.05, 4.69) is 61.4 Å². The van der Waals surface area contributed by atoms with Gasteiger partial charge in [0.05, 0.1) is 11.3 Å². The van der Waals surface area contributed by atoms with Crippen LogP contribution in [-0.2, 0) is 19.5 Å². The Morgan fingerprint density at radius 2 is 2.00 bits per heavy atom. The topological polar surface area (TPSA) is 67.1 Å². The van der Waals surface area contributed by atoms with Crippen molar-refractivity contribution in [3.8, 4) is 0 Å². The molecule has 0 aliphatic rings. The number of aromatic nitrogens is 3. The number of aliphatic imine (C=N–C) groups is 1. The lowest BCUT2D eigenvalue weighted by atomic mass is 10.1. The summed E-state index contributed by atoms with van der Waals surface area (Å²) in [6, 6.07) is 8.59. The number of nitrogens with zero attached hydrogens (tertiary/aromatic N) is 4. The molecule has 3 aromatic rings. The van der Waals surface area contributed by atoms with Crippen molar-refractivity contribution in [1.29, 1.82) is 0 Å². The second-order valence-corrected chi connectivity index (χ2v) is 7.34. The minimum Gasteiger partial charge on any atom is -0.356 e. The standard InChI is InChI=1S/C19H24N6S/c1-15-11-23-18(26-15)7-8-22-19(20-2)24-12-16-3-5-17(6-4-16)13-25-10-9-21-14-25/h3-6,9-11,14H,7-8,12-13H2,1-2H3,(H2,20,22,24). The van der Waals surface area contributed by atoms with Gasteiger partial charge in [0, 0.05) is 56.6 Å². The third-order valence-electron chi connectivity index (χ3n) is 3.93. The molecule has 6 nitrogen and oxygen atoms in total. The fraction of sp³-hybridized carbons (Fsp3) is 0.316. The molecule has 7 heteroatoms. The molecule has 2 N–H and O–H groups in total. The Kier molecular flexibility index (Phi) is 6.38. The Morgan fingerprint density at radius 3 is 2.65 bits per heavy atom. The Bertz CT molecular complexity index is 820. The highest BCUT2D eigenvalue weighted by atomic mass is 32.1. The summed E-state index contributed by atoms with van der Waals surface area (Å²) < 4.78 is 2.06. The molecule has 3 rings (SSSR count). The molecule has 0 bridgehead atoms. The zero-order valence-corrected chi connectivity index (χ0v) is 16.0. The van der Waals surface area contributed by atoms with Crippen LogP contribution in [0, 0.1) is 6.92 Å². The minimum atomic E-state index is 0.737. The number of aryl methyl sites for hydroxylation is 1. The van der Waals surface area contributed by atoms with Crippen LogP contribution in [0.3, 0.4) is 0 Å². The highest BCUT2D eigenvalue weighted by molar-refractivity contribution is 7.11. The SMILES string of the molecule is CN=C(NCCc1ncc(C)s1)NCc1ccc(Cn2ccnc2)cc1. The number of nitrogens with one attached hydrogen (secondary N) is 2. The molecule has 0 fully saturated rings. The van der Waals surface area contributed by atoms with Gasteiger partial charge >= 0.3 is 0 Å². The van der Waals surface area contributed by atoms with Gasteiger partial charge in [0.1, 0.15) is 0 Å². The summed E-state index contributed by atoms with van der Waals surface area (Å²) in [5, 5.41) is 7.83. The van der Waals surface area contributed by atoms with Gasteiger partial charge in [-0.25, -0.2) is 9.97 Å². The van der Waals surface area contributed by atoms with E-state index in [4.69, 9.17) is 0 Å². The van der Waals surface area contributed by atoms with Crippen molar-refractivity contribution in [2.75, 3.05) is 13.6 Å². The number of thiazole rings is 1. The quantitative estimate of drug-likeness (QED) is 0.497. The zero-order chi connectivity index (χ0) is 18.2. The normalized spacial score (nSPS) is 11.5. The first-order valence-electron chi connectivity index (χ1n) is 8.62. The maximum Gasteiger partial charge on any atom is 0.191 e. The number of benzene rings is 1. The molecule has 26 heavy (non-hydrogen) atoms. The molecule has 0 radical (unpaired) electrons. The van der Waals surface area contributed by atoms with E-state index < -0.39 is 0 Å². The van der Waals surface area contributed by atoms with E-state index in [9.17, 15) is 0 Å². The average molecular weight is 369 g/mol. The van der Waals surface area contributed by atoms with Gasteiger partial charge in [-0.05, 0) is 18.1 Å². The fourth-order valence-corrected chi connectivity index (χ4v) is 3.35. The molecule has 0 aliphatic carbocycles. The number of hydrogen-bond acceptors (Lipinski definition) is 4. The van der Waals surface area contributed by atoms with Gasteiger partial charge in [0.2, 0.25) is 0 Å². The highest BCUT2D eigenvalue weighted by Gasteiger charge is 2.02. The van der Waals surface area contributed by atoms with Crippen LogP contribution in [0.25, 0.3) is 0 Å². The van der Waals surface area contributed by atoms with Crippen LogP contribution < -0.4 is 10.6 Å². The van der Waals surface area contributed by atoms with Crippen molar-refractivity contribution in [1.82, 2.24) is 25.2 Å². The van der Waals surface area contributed by atoms with E-state index in [1.807, 2.05) is 18.7 Å². The third kappa shape index (κ3) is 5.42. The van der Waals surface area contributed by atoms with Crippen molar-refractivity contribution in [3.05, 3.63) is 70.2 Å². The lowest BCUT2D eigenvalue weighted by molar-refractivity contribution is 0.786. The summed E-state index contributed by atoms with van der Waals surface area (Å²) in [4.78, 5) is 14.0. The maximum absolute atomic E-state index is 4.38. The van der Waals surface area contributed by atoms with Gasteiger partial charge in [-0.3, -0.25) is 4.99 Å². The van der Waals surface area contributed by atoms with E-state index >= 15 is 0 Å². The van der Waals surface area contributed by atoms with Crippen LogP contribution in [0.2, 0.25) is 0 Å². The first kappa shape index (κ1) is 18.1. The van der Waals surface area contributed by atoms with Crippen LogP contribution in [-0.4, -0.2) is 34.1 Å². The van der Waals surface area contributed by atoms with Crippen LogP contribution in [0.15, 0.2) is 54.2 Å². The minimum absolute atomic E-state index is 0.737. The molecule has 1 aromatic carbocycles. The Morgan fingerprint density at radius 1 is 1.19 bits per heavy atom. The summed E-state index contributed by atoms with van der Waals surface area (Å²) in [5.74, 6) is 0.806. The van der Waals surface area contributed by atoms with Gasteiger partial charge in [-0.15, -0.1) is 11.3 Å². The van der Waals surface area contributed by atoms with Gasteiger partial charge in [0.15, 0.2) is 5.96 Å². The summed E-state index contributed by atoms with van der Waals surface area (Å²) >= 11 is 1.74.